The van der Waals surface area contributed by atoms with Crippen LogP contribution < -0.4 is 0 Å². The summed E-state index contributed by atoms with van der Waals surface area (Å²) in [6.45, 7) is 0. The lowest BCUT2D eigenvalue weighted by molar-refractivity contribution is 1.29. The van der Waals surface area contributed by atoms with Crippen LogP contribution in [0, 0.1) is 0 Å². The molecular weight excluding hydrogens is 412 g/mol. The first kappa shape index (κ1) is 19.0. The Balaban J connectivity index is 1.36. The molecule has 0 N–H and O–H groups in total. The highest BCUT2D eigenvalue weighted by Gasteiger charge is 2.12. The summed E-state index contributed by atoms with van der Waals surface area (Å²) in [7, 11) is 0. The fraction of sp³-hybridized carbons (Fsp3) is 0. The van der Waals surface area contributed by atoms with Gasteiger partial charge in [0, 0.05) is 29.7 Å². The SMILES string of the molecule is c1cc(-c2ccc(-c3ccncc3)nc2)cc(-c2ccc3ccc4cccc5ccc2c3c45)c1. The number of benzene rings is 5. The van der Waals surface area contributed by atoms with E-state index in [4.69, 9.17) is 4.98 Å². The van der Waals surface area contributed by atoms with E-state index in [1.54, 1.807) is 12.4 Å². The fourth-order valence-corrected chi connectivity index (χ4v) is 5.11. The van der Waals surface area contributed by atoms with Crippen molar-refractivity contribution < 1.29 is 0 Å². The predicted molar refractivity (Wildman–Crippen MR) is 142 cm³/mol. The van der Waals surface area contributed by atoms with E-state index in [-0.39, 0.29) is 0 Å². The summed E-state index contributed by atoms with van der Waals surface area (Å²) in [5, 5.41) is 7.87. The topological polar surface area (TPSA) is 25.8 Å². The Labute approximate surface area is 197 Å². The van der Waals surface area contributed by atoms with Crippen LogP contribution in [0.1, 0.15) is 0 Å². The maximum Gasteiger partial charge on any atom is 0.0703 e. The van der Waals surface area contributed by atoms with Gasteiger partial charge < -0.3 is 0 Å². The summed E-state index contributed by atoms with van der Waals surface area (Å²) in [6.07, 6.45) is 5.55. The molecule has 0 fully saturated rings. The Morgan fingerprint density at radius 3 is 1.97 bits per heavy atom. The molecular formula is C32H20N2. The molecule has 0 aliphatic carbocycles. The lowest BCUT2D eigenvalue weighted by Gasteiger charge is -2.14. The summed E-state index contributed by atoms with van der Waals surface area (Å²) >= 11 is 0. The van der Waals surface area contributed by atoms with Gasteiger partial charge in [-0.05, 0) is 73.3 Å². The van der Waals surface area contributed by atoms with E-state index in [1.807, 2.05) is 18.3 Å². The highest BCUT2D eigenvalue weighted by Crippen LogP contribution is 2.39. The van der Waals surface area contributed by atoms with Crippen molar-refractivity contribution in [2.45, 2.75) is 0 Å². The first-order valence-electron chi connectivity index (χ1n) is 11.5. The van der Waals surface area contributed by atoms with Crippen LogP contribution in [0.15, 0.2) is 122 Å². The van der Waals surface area contributed by atoms with Gasteiger partial charge in [0.15, 0.2) is 0 Å². The van der Waals surface area contributed by atoms with Gasteiger partial charge in [-0.25, -0.2) is 0 Å². The van der Waals surface area contributed by atoms with Crippen LogP contribution in [0.3, 0.4) is 0 Å². The smallest absolute Gasteiger partial charge is 0.0703 e. The molecule has 0 saturated heterocycles. The van der Waals surface area contributed by atoms with Gasteiger partial charge in [0.25, 0.3) is 0 Å². The molecule has 7 rings (SSSR count). The lowest BCUT2D eigenvalue weighted by atomic mass is 9.89. The Hall–Kier alpha value is -4.56. The second kappa shape index (κ2) is 7.50. The summed E-state index contributed by atoms with van der Waals surface area (Å²) in [5.41, 5.74) is 6.77. The molecule has 5 aromatic carbocycles. The first-order valence-corrected chi connectivity index (χ1v) is 11.5. The van der Waals surface area contributed by atoms with E-state index in [0.717, 1.165) is 22.4 Å². The maximum atomic E-state index is 4.71. The quantitative estimate of drug-likeness (QED) is 0.262. The van der Waals surface area contributed by atoms with Crippen LogP contribution in [-0.2, 0) is 0 Å². The van der Waals surface area contributed by atoms with Gasteiger partial charge in [-0.3, -0.25) is 9.97 Å². The van der Waals surface area contributed by atoms with Gasteiger partial charge in [0.2, 0.25) is 0 Å². The van der Waals surface area contributed by atoms with E-state index in [9.17, 15) is 0 Å². The molecule has 0 unspecified atom stereocenters. The molecule has 0 spiro atoms. The van der Waals surface area contributed by atoms with Gasteiger partial charge in [0.1, 0.15) is 0 Å². The largest absolute Gasteiger partial charge is 0.265 e. The molecule has 2 aromatic heterocycles. The van der Waals surface area contributed by atoms with Crippen LogP contribution in [0.2, 0.25) is 0 Å². The number of pyridine rings is 2. The molecule has 2 heteroatoms. The van der Waals surface area contributed by atoms with Gasteiger partial charge in [-0.2, -0.15) is 0 Å². The Morgan fingerprint density at radius 2 is 1.18 bits per heavy atom. The average Bonchev–Trinajstić information content (AvgIpc) is 2.92. The molecule has 2 nitrogen and oxygen atoms in total. The molecule has 0 atom stereocenters. The molecule has 0 saturated carbocycles. The maximum absolute atomic E-state index is 4.71. The van der Waals surface area contributed by atoms with Crippen LogP contribution in [0.25, 0.3) is 65.8 Å². The van der Waals surface area contributed by atoms with Crippen LogP contribution in [0.5, 0.6) is 0 Å². The number of hydrogen-bond acceptors (Lipinski definition) is 2. The molecule has 2 heterocycles. The number of nitrogens with zero attached hydrogens (tertiary/aromatic N) is 2. The van der Waals surface area contributed by atoms with E-state index in [1.165, 1.54) is 43.4 Å². The molecule has 0 aliphatic heterocycles. The minimum absolute atomic E-state index is 0.953. The second-order valence-electron chi connectivity index (χ2n) is 8.72. The van der Waals surface area contributed by atoms with Gasteiger partial charge in [-0.1, -0.05) is 78.9 Å². The Kier molecular flexibility index (Phi) is 4.18. The minimum Gasteiger partial charge on any atom is -0.265 e. The van der Waals surface area contributed by atoms with Crippen molar-refractivity contribution in [1.29, 1.82) is 0 Å². The van der Waals surface area contributed by atoms with E-state index in [0.29, 0.717) is 0 Å². The molecule has 7 aromatic rings. The summed E-state index contributed by atoms with van der Waals surface area (Å²) in [4.78, 5) is 8.80. The van der Waals surface area contributed by atoms with Gasteiger partial charge in [0.05, 0.1) is 5.69 Å². The highest BCUT2D eigenvalue weighted by molar-refractivity contribution is 6.25. The zero-order chi connectivity index (χ0) is 22.5. The van der Waals surface area contributed by atoms with Crippen molar-refractivity contribution in [1.82, 2.24) is 9.97 Å². The van der Waals surface area contributed by atoms with Crippen LogP contribution in [-0.4, -0.2) is 9.97 Å². The van der Waals surface area contributed by atoms with E-state index >= 15 is 0 Å². The van der Waals surface area contributed by atoms with E-state index in [2.05, 4.69) is 96.0 Å². The minimum atomic E-state index is 0.953. The molecule has 0 radical (unpaired) electrons. The predicted octanol–water partition coefficient (Wildman–Crippen LogP) is 8.38. The van der Waals surface area contributed by atoms with Crippen molar-refractivity contribution in [3.8, 4) is 33.5 Å². The summed E-state index contributed by atoms with van der Waals surface area (Å²) < 4.78 is 0. The van der Waals surface area contributed by atoms with Gasteiger partial charge in [-0.15, -0.1) is 0 Å². The number of hydrogen-bond donors (Lipinski definition) is 0. The fourth-order valence-electron chi connectivity index (χ4n) is 5.11. The van der Waals surface area contributed by atoms with Crippen molar-refractivity contribution >= 4 is 32.3 Å². The Bertz CT molecular complexity index is 1770. The molecule has 0 amide bonds. The third-order valence-electron chi connectivity index (χ3n) is 6.78. The molecule has 0 bridgehead atoms. The second-order valence-corrected chi connectivity index (χ2v) is 8.72. The summed E-state index contributed by atoms with van der Waals surface area (Å²) in [6, 6.07) is 37.0. The van der Waals surface area contributed by atoms with Crippen molar-refractivity contribution in [3.63, 3.8) is 0 Å². The van der Waals surface area contributed by atoms with E-state index < -0.39 is 0 Å². The zero-order valence-electron chi connectivity index (χ0n) is 18.4. The zero-order valence-corrected chi connectivity index (χ0v) is 18.4. The molecule has 34 heavy (non-hydrogen) atoms. The Morgan fingerprint density at radius 1 is 0.471 bits per heavy atom. The third-order valence-corrected chi connectivity index (χ3v) is 6.78. The molecule has 0 aliphatic rings. The van der Waals surface area contributed by atoms with Crippen molar-refractivity contribution in [3.05, 3.63) is 122 Å². The third kappa shape index (κ3) is 2.96. The van der Waals surface area contributed by atoms with Crippen LogP contribution in [0.4, 0.5) is 0 Å². The highest BCUT2D eigenvalue weighted by atomic mass is 14.7. The van der Waals surface area contributed by atoms with Gasteiger partial charge >= 0.3 is 0 Å². The van der Waals surface area contributed by atoms with Crippen LogP contribution >= 0.6 is 0 Å². The first-order chi connectivity index (χ1) is 16.8. The average molecular weight is 433 g/mol. The number of aromatic nitrogens is 2. The standard InChI is InChI=1S/C32H20N2/c1-3-22-7-8-24-9-12-28(29-13-10-23(4-1)31(22)32(24)29)26-6-2-5-25(19-26)27-11-14-30(34-20-27)21-15-17-33-18-16-21/h1-20H. The lowest BCUT2D eigenvalue weighted by Crippen LogP contribution is -1.88. The normalized spacial score (nSPS) is 11.5. The summed E-state index contributed by atoms with van der Waals surface area (Å²) in [5.74, 6) is 0. The number of rotatable bonds is 3. The monoisotopic (exact) mass is 432 g/mol. The molecule has 158 valence electrons. The van der Waals surface area contributed by atoms with Crippen molar-refractivity contribution in [2.75, 3.05) is 0 Å². The van der Waals surface area contributed by atoms with Crippen molar-refractivity contribution in [2.24, 2.45) is 0 Å².